The molecule has 0 aliphatic rings. The molecule has 1 amide bonds. The number of halogens is 2. The first-order valence-electron chi connectivity index (χ1n) is 7.95. The lowest BCUT2D eigenvalue weighted by atomic mass is 10.2. The van der Waals surface area contributed by atoms with Gasteiger partial charge in [0.25, 0.3) is 5.91 Å². The Morgan fingerprint density at radius 2 is 2.11 bits per heavy atom. The number of rotatable bonds is 4. The highest BCUT2D eigenvalue weighted by atomic mass is 35.5. The molecular weight excluding hydrogens is 389 g/mol. The summed E-state index contributed by atoms with van der Waals surface area (Å²) in [4.78, 5) is 17.5. The fourth-order valence-electron chi connectivity index (χ4n) is 2.55. The van der Waals surface area contributed by atoms with Gasteiger partial charge in [0.15, 0.2) is 10.9 Å². The zero-order valence-electron chi connectivity index (χ0n) is 14.1. The number of fused-ring (bicyclic) bond motifs is 1. The maximum atomic E-state index is 13.8. The lowest BCUT2D eigenvalue weighted by Gasteiger charge is -2.10. The van der Waals surface area contributed by atoms with E-state index >= 15 is 0 Å². The summed E-state index contributed by atoms with van der Waals surface area (Å²) in [6, 6.07) is 10.9. The monoisotopic (exact) mass is 401 g/mol. The Labute approximate surface area is 163 Å². The molecule has 0 spiro atoms. The van der Waals surface area contributed by atoms with Gasteiger partial charge < -0.3 is 14.3 Å². The minimum atomic E-state index is -0.477. The number of hydrogen-bond donors (Lipinski definition) is 1. The van der Waals surface area contributed by atoms with Gasteiger partial charge in [0, 0.05) is 34.7 Å². The highest BCUT2D eigenvalue weighted by Gasteiger charge is 2.16. The molecule has 0 aliphatic heterocycles. The Hall–Kier alpha value is -2.77. The molecule has 4 rings (SSSR count). The van der Waals surface area contributed by atoms with Gasteiger partial charge in [0.1, 0.15) is 11.4 Å². The van der Waals surface area contributed by atoms with E-state index in [1.807, 2.05) is 17.8 Å². The van der Waals surface area contributed by atoms with Crippen LogP contribution in [0.3, 0.4) is 0 Å². The Morgan fingerprint density at radius 1 is 1.26 bits per heavy atom. The minimum Gasteiger partial charge on any atom is -0.451 e. The van der Waals surface area contributed by atoms with Crippen molar-refractivity contribution in [2.24, 2.45) is 7.05 Å². The molecule has 2 heterocycles. The molecule has 0 unspecified atom stereocenters. The normalized spacial score (nSPS) is 11.1. The van der Waals surface area contributed by atoms with E-state index in [9.17, 15) is 9.18 Å². The van der Waals surface area contributed by atoms with Crippen LogP contribution in [0.25, 0.3) is 11.0 Å². The number of aromatic nitrogens is 2. The van der Waals surface area contributed by atoms with E-state index in [4.69, 9.17) is 16.0 Å². The van der Waals surface area contributed by atoms with Crippen LogP contribution in [0.2, 0.25) is 5.02 Å². The van der Waals surface area contributed by atoms with Crippen molar-refractivity contribution < 1.29 is 13.6 Å². The van der Waals surface area contributed by atoms with Crippen LogP contribution in [0.1, 0.15) is 10.6 Å². The maximum absolute atomic E-state index is 13.8. The number of nitrogens with zero attached hydrogens (tertiary/aromatic N) is 2. The summed E-state index contributed by atoms with van der Waals surface area (Å²) in [7, 11) is 1.86. The second-order valence-corrected chi connectivity index (χ2v) is 7.26. The van der Waals surface area contributed by atoms with E-state index in [1.165, 1.54) is 23.9 Å². The maximum Gasteiger partial charge on any atom is 0.291 e. The fourth-order valence-corrected chi connectivity index (χ4v) is 3.60. The third-order valence-electron chi connectivity index (χ3n) is 3.87. The van der Waals surface area contributed by atoms with Gasteiger partial charge in [-0.15, -0.1) is 0 Å². The van der Waals surface area contributed by atoms with Crippen LogP contribution in [0.4, 0.5) is 10.1 Å². The van der Waals surface area contributed by atoms with Gasteiger partial charge in [-0.1, -0.05) is 11.6 Å². The van der Waals surface area contributed by atoms with E-state index < -0.39 is 11.7 Å². The summed E-state index contributed by atoms with van der Waals surface area (Å²) in [5.41, 5.74) is 0.887. The van der Waals surface area contributed by atoms with E-state index in [2.05, 4.69) is 10.3 Å². The van der Waals surface area contributed by atoms with E-state index in [1.54, 1.807) is 36.5 Å². The zero-order chi connectivity index (χ0) is 19.0. The van der Waals surface area contributed by atoms with Crippen molar-refractivity contribution in [2.45, 2.75) is 10.1 Å². The first kappa shape index (κ1) is 17.6. The molecule has 0 radical (unpaired) electrons. The van der Waals surface area contributed by atoms with E-state index in [0.717, 1.165) is 10.5 Å². The van der Waals surface area contributed by atoms with Crippen LogP contribution in [0, 0.1) is 5.82 Å². The van der Waals surface area contributed by atoms with Gasteiger partial charge in [-0.05, 0) is 54.2 Å². The number of furan rings is 1. The molecular formula is C19H13ClFN3O2S. The van der Waals surface area contributed by atoms with Gasteiger partial charge >= 0.3 is 0 Å². The second kappa shape index (κ2) is 7.09. The average molecular weight is 402 g/mol. The molecule has 0 saturated heterocycles. The first-order chi connectivity index (χ1) is 13.0. The van der Waals surface area contributed by atoms with Crippen LogP contribution in [-0.2, 0) is 7.05 Å². The van der Waals surface area contributed by atoms with Gasteiger partial charge in [0.2, 0.25) is 0 Å². The fraction of sp³-hybridized carbons (Fsp3) is 0.0526. The molecule has 2 aromatic carbocycles. The predicted octanol–water partition coefficient (Wildman–Crippen LogP) is 5.36. The molecule has 1 N–H and O–H groups in total. The Kier molecular flexibility index (Phi) is 4.63. The summed E-state index contributed by atoms with van der Waals surface area (Å²) >= 11 is 7.28. The highest BCUT2D eigenvalue weighted by molar-refractivity contribution is 7.99. The molecule has 0 atom stereocenters. The third kappa shape index (κ3) is 3.70. The van der Waals surface area contributed by atoms with E-state index in [-0.39, 0.29) is 5.76 Å². The molecule has 2 aromatic heterocycles. The summed E-state index contributed by atoms with van der Waals surface area (Å²) in [6.07, 6.45) is 3.48. The lowest BCUT2D eigenvalue weighted by Crippen LogP contribution is -2.11. The Morgan fingerprint density at radius 3 is 2.89 bits per heavy atom. The van der Waals surface area contributed by atoms with Gasteiger partial charge in [0.05, 0.1) is 5.69 Å². The molecule has 0 saturated carbocycles. The number of amides is 1. The number of nitrogens with one attached hydrogen (secondary N) is 1. The van der Waals surface area contributed by atoms with Crippen LogP contribution in [0.5, 0.6) is 0 Å². The van der Waals surface area contributed by atoms with Crippen LogP contribution in [-0.4, -0.2) is 15.5 Å². The van der Waals surface area contributed by atoms with Crippen LogP contribution in [0.15, 0.2) is 69.3 Å². The highest BCUT2D eigenvalue weighted by Crippen LogP contribution is 2.33. The summed E-state index contributed by atoms with van der Waals surface area (Å²) in [5.74, 6) is -0.815. The van der Waals surface area contributed by atoms with Crippen molar-refractivity contribution in [3.05, 3.63) is 71.5 Å². The van der Waals surface area contributed by atoms with E-state index in [0.29, 0.717) is 21.2 Å². The molecule has 8 heteroatoms. The van der Waals surface area contributed by atoms with Crippen molar-refractivity contribution in [2.75, 3.05) is 5.32 Å². The van der Waals surface area contributed by atoms with Crippen molar-refractivity contribution in [1.29, 1.82) is 0 Å². The zero-order valence-corrected chi connectivity index (χ0v) is 15.6. The number of anilines is 1. The number of carbonyl (C=O) groups is 1. The number of benzene rings is 2. The van der Waals surface area contributed by atoms with Crippen molar-refractivity contribution >= 4 is 45.9 Å². The SMILES string of the molecule is Cn1ccnc1Sc1ccc(F)cc1NC(=O)c1cc2cc(Cl)ccc2o1. The van der Waals surface area contributed by atoms with Crippen LogP contribution >= 0.6 is 23.4 Å². The smallest absolute Gasteiger partial charge is 0.291 e. The molecule has 4 aromatic rings. The first-order valence-corrected chi connectivity index (χ1v) is 9.14. The van der Waals surface area contributed by atoms with Gasteiger partial charge in [-0.3, -0.25) is 4.79 Å². The number of hydrogen-bond acceptors (Lipinski definition) is 4. The summed E-state index contributed by atoms with van der Waals surface area (Å²) < 4.78 is 21.2. The largest absolute Gasteiger partial charge is 0.451 e. The third-order valence-corrected chi connectivity index (χ3v) is 5.26. The van der Waals surface area contributed by atoms with Gasteiger partial charge in [-0.25, -0.2) is 9.37 Å². The standard InChI is InChI=1S/C19H13ClFN3O2S/c1-24-7-6-22-19(24)27-17-5-3-13(21)10-14(17)23-18(25)16-9-11-8-12(20)2-4-15(11)26-16/h2-10H,1H3,(H,23,25). The molecule has 5 nitrogen and oxygen atoms in total. The van der Waals surface area contributed by atoms with Crippen molar-refractivity contribution in [3.8, 4) is 0 Å². The topological polar surface area (TPSA) is 60.1 Å². The Balaban J connectivity index is 1.63. The summed E-state index contributed by atoms with van der Waals surface area (Å²) in [6.45, 7) is 0. The lowest BCUT2D eigenvalue weighted by molar-refractivity contribution is 0.0998. The van der Waals surface area contributed by atoms with Crippen molar-refractivity contribution in [3.63, 3.8) is 0 Å². The average Bonchev–Trinajstić information content (AvgIpc) is 3.23. The minimum absolute atomic E-state index is 0.115. The quantitative estimate of drug-likeness (QED) is 0.500. The molecule has 0 aliphatic carbocycles. The van der Waals surface area contributed by atoms with Crippen molar-refractivity contribution in [1.82, 2.24) is 9.55 Å². The number of aryl methyl sites for hydroxylation is 1. The predicted molar refractivity (Wildman–Crippen MR) is 103 cm³/mol. The van der Waals surface area contributed by atoms with Crippen LogP contribution < -0.4 is 5.32 Å². The molecule has 136 valence electrons. The second-order valence-electron chi connectivity index (χ2n) is 5.81. The Bertz CT molecular complexity index is 1160. The number of imidazole rings is 1. The molecule has 27 heavy (non-hydrogen) atoms. The van der Waals surface area contributed by atoms with Gasteiger partial charge in [-0.2, -0.15) is 0 Å². The molecule has 0 fully saturated rings. The molecule has 0 bridgehead atoms. The summed E-state index contributed by atoms with van der Waals surface area (Å²) in [5, 5.41) is 4.70. The number of carbonyl (C=O) groups excluding carboxylic acids is 1.